The second-order valence-corrected chi connectivity index (χ2v) is 6.12. The fourth-order valence-corrected chi connectivity index (χ4v) is 3.31. The highest BCUT2D eigenvalue weighted by Crippen LogP contribution is 2.35. The number of nitrogen functional groups attached to an aromatic ring is 1. The summed E-state index contributed by atoms with van der Waals surface area (Å²) in [6, 6.07) is 5.35. The van der Waals surface area contributed by atoms with Crippen molar-refractivity contribution < 1.29 is 9.59 Å². The van der Waals surface area contributed by atoms with Crippen molar-refractivity contribution in [1.29, 1.82) is 0 Å². The SMILES string of the molecule is CNC(=O)CCN(C)C(=O)c1sc2cc(Cl)ccc2c1N. The lowest BCUT2D eigenvalue weighted by atomic mass is 10.2. The number of rotatable bonds is 4. The Morgan fingerprint density at radius 1 is 1.43 bits per heavy atom. The third kappa shape index (κ3) is 3.28. The Balaban J connectivity index is 2.22. The van der Waals surface area contributed by atoms with Gasteiger partial charge in [-0.1, -0.05) is 11.6 Å². The van der Waals surface area contributed by atoms with Crippen LogP contribution in [0.25, 0.3) is 10.1 Å². The fraction of sp³-hybridized carbons (Fsp3) is 0.286. The average Bonchev–Trinajstić information content (AvgIpc) is 2.79. The number of amides is 2. The number of benzene rings is 1. The molecular formula is C14H16ClN3O2S. The summed E-state index contributed by atoms with van der Waals surface area (Å²) in [7, 11) is 3.22. The monoisotopic (exact) mass is 325 g/mol. The summed E-state index contributed by atoms with van der Waals surface area (Å²) < 4.78 is 0.878. The molecule has 0 radical (unpaired) electrons. The molecule has 1 aromatic carbocycles. The van der Waals surface area contributed by atoms with E-state index >= 15 is 0 Å². The molecule has 0 atom stereocenters. The molecule has 2 amide bonds. The van der Waals surface area contributed by atoms with Gasteiger partial charge in [0.15, 0.2) is 0 Å². The van der Waals surface area contributed by atoms with E-state index in [9.17, 15) is 9.59 Å². The molecule has 0 aliphatic heterocycles. The highest BCUT2D eigenvalue weighted by molar-refractivity contribution is 7.21. The second kappa shape index (κ2) is 6.32. The second-order valence-electron chi connectivity index (χ2n) is 4.64. The molecule has 0 aliphatic rings. The van der Waals surface area contributed by atoms with E-state index in [1.807, 2.05) is 6.07 Å². The number of fused-ring (bicyclic) bond motifs is 1. The van der Waals surface area contributed by atoms with E-state index in [1.54, 1.807) is 26.2 Å². The molecule has 0 saturated carbocycles. The normalized spacial score (nSPS) is 10.6. The van der Waals surface area contributed by atoms with Gasteiger partial charge in [0.1, 0.15) is 4.88 Å². The maximum atomic E-state index is 12.4. The van der Waals surface area contributed by atoms with Gasteiger partial charge in [0, 0.05) is 42.2 Å². The number of anilines is 1. The highest BCUT2D eigenvalue weighted by Gasteiger charge is 2.20. The number of nitrogens with two attached hydrogens (primary N) is 1. The lowest BCUT2D eigenvalue weighted by Crippen LogP contribution is -2.31. The van der Waals surface area contributed by atoms with Crippen molar-refractivity contribution in [3.63, 3.8) is 0 Å². The number of hydrogen-bond donors (Lipinski definition) is 2. The predicted octanol–water partition coefficient (Wildman–Crippen LogP) is 2.34. The molecular weight excluding hydrogens is 310 g/mol. The zero-order valence-corrected chi connectivity index (χ0v) is 13.3. The molecule has 5 nitrogen and oxygen atoms in total. The van der Waals surface area contributed by atoms with Crippen LogP contribution >= 0.6 is 22.9 Å². The Kier molecular flexibility index (Phi) is 4.69. The standard InChI is InChI=1S/C14H16ClN3O2S/c1-17-11(19)5-6-18(2)14(20)13-12(16)9-4-3-8(15)7-10(9)21-13/h3-4,7H,5-6,16H2,1-2H3,(H,17,19). The maximum Gasteiger partial charge on any atom is 0.265 e. The summed E-state index contributed by atoms with van der Waals surface area (Å²) in [6.07, 6.45) is 0.259. The molecule has 7 heteroatoms. The van der Waals surface area contributed by atoms with Gasteiger partial charge >= 0.3 is 0 Å². The molecule has 2 aromatic rings. The molecule has 3 N–H and O–H groups in total. The molecule has 1 heterocycles. The molecule has 0 aliphatic carbocycles. The van der Waals surface area contributed by atoms with Crippen LogP contribution in [0.1, 0.15) is 16.1 Å². The number of nitrogens with one attached hydrogen (secondary N) is 1. The molecule has 0 bridgehead atoms. The van der Waals surface area contributed by atoms with E-state index in [-0.39, 0.29) is 18.2 Å². The van der Waals surface area contributed by atoms with Gasteiger partial charge in [0.25, 0.3) is 5.91 Å². The largest absolute Gasteiger partial charge is 0.397 e. The molecule has 2 rings (SSSR count). The summed E-state index contributed by atoms with van der Waals surface area (Å²) in [6.45, 7) is 0.340. The molecule has 1 aromatic heterocycles. The van der Waals surface area contributed by atoms with Crippen LogP contribution in [0.3, 0.4) is 0 Å². The number of carbonyl (C=O) groups is 2. The van der Waals surface area contributed by atoms with Crippen LogP contribution in [0.5, 0.6) is 0 Å². The molecule has 0 fully saturated rings. The first-order valence-electron chi connectivity index (χ1n) is 6.37. The Labute approximate surface area is 131 Å². The van der Waals surface area contributed by atoms with Crippen molar-refractivity contribution in [2.24, 2.45) is 0 Å². The first-order chi connectivity index (χ1) is 9.93. The lowest BCUT2D eigenvalue weighted by Gasteiger charge is -2.16. The summed E-state index contributed by atoms with van der Waals surface area (Å²) in [5, 5.41) is 3.96. The van der Waals surface area contributed by atoms with Crippen molar-refractivity contribution in [2.75, 3.05) is 26.4 Å². The predicted molar refractivity (Wildman–Crippen MR) is 86.9 cm³/mol. The third-order valence-electron chi connectivity index (χ3n) is 3.18. The van der Waals surface area contributed by atoms with E-state index in [4.69, 9.17) is 17.3 Å². The topological polar surface area (TPSA) is 75.4 Å². The van der Waals surface area contributed by atoms with Crippen molar-refractivity contribution in [3.8, 4) is 0 Å². The lowest BCUT2D eigenvalue weighted by molar-refractivity contribution is -0.120. The Morgan fingerprint density at radius 2 is 2.14 bits per heavy atom. The van der Waals surface area contributed by atoms with Gasteiger partial charge < -0.3 is 16.0 Å². The number of nitrogens with zero attached hydrogens (tertiary/aromatic N) is 1. The Hall–Kier alpha value is -1.79. The van der Waals surface area contributed by atoms with Gasteiger partial charge in [-0.15, -0.1) is 11.3 Å². The van der Waals surface area contributed by atoms with Crippen LogP contribution in [-0.2, 0) is 4.79 Å². The van der Waals surface area contributed by atoms with Crippen molar-refractivity contribution in [2.45, 2.75) is 6.42 Å². The molecule has 0 unspecified atom stereocenters. The van der Waals surface area contributed by atoms with Crippen molar-refractivity contribution in [1.82, 2.24) is 10.2 Å². The van der Waals surface area contributed by atoms with Crippen LogP contribution in [0.4, 0.5) is 5.69 Å². The molecule has 0 saturated heterocycles. The fourth-order valence-electron chi connectivity index (χ4n) is 1.92. The minimum absolute atomic E-state index is 0.106. The Bertz CT molecular complexity index is 699. The zero-order valence-electron chi connectivity index (χ0n) is 11.8. The summed E-state index contributed by atoms with van der Waals surface area (Å²) >= 11 is 7.26. The average molecular weight is 326 g/mol. The van der Waals surface area contributed by atoms with Crippen LogP contribution < -0.4 is 11.1 Å². The van der Waals surface area contributed by atoms with Gasteiger partial charge in [-0.05, 0) is 18.2 Å². The van der Waals surface area contributed by atoms with Crippen LogP contribution in [-0.4, -0.2) is 37.4 Å². The van der Waals surface area contributed by atoms with Gasteiger partial charge in [-0.2, -0.15) is 0 Å². The van der Waals surface area contributed by atoms with E-state index < -0.39 is 0 Å². The van der Waals surface area contributed by atoms with Gasteiger partial charge in [0.2, 0.25) is 5.91 Å². The number of carbonyl (C=O) groups excluding carboxylic acids is 2. The first-order valence-corrected chi connectivity index (χ1v) is 7.57. The first kappa shape index (κ1) is 15.6. The summed E-state index contributed by atoms with van der Waals surface area (Å²) in [5.74, 6) is -0.292. The van der Waals surface area contributed by atoms with Gasteiger partial charge in [-0.25, -0.2) is 0 Å². The third-order valence-corrected chi connectivity index (χ3v) is 4.58. The molecule has 112 valence electrons. The highest BCUT2D eigenvalue weighted by atomic mass is 35.5. The quantitative estimate of drug-likeness (QED) is 0.906. The number of hydrogen-bond acceptors (Lipinski definition) is 4. The van der Waals surface area contributed by atoms with E-state index in [0.717, 1.165) is 10.1 Å². The molecule has 21 heavy (non-hydrogen) atoms. The van der Waals surface area contributed by atoms with E-state index in [0.29, 0.717) is 22.1 Å². The van der Waals surface area contributed by atoms with Crippen molar-refractivity contribution >= 4 is 50.5 Å². The maximum absolute atomic E-state index is 12.4. The van der Waals surface area contributed by atoms with Gasteiger partial charge in [-0.3, -0.25) is 9.59 Å². The van der Waals surface area contributed by atoms with E-state index in [2.05, 4.69) is 5.32 Å². The Morgan fingerprint density at radius 3 is 2.81 bits per heavy atom. The summed E-state index contributed by atoms with van der Waals surface area (Å²) in [5.41, 5.74) is 6.51. The number of halogens is 1. The number of thiophene rings is 1. The molecule has 0 spiro atoms. The van der Waals surface area contributed by atoms with Crippen molar-refractivity contribution in [3.05, 3.63) is 28.1 Å². The zero-order chi connectivity index (χ0) is 15.6. The van der Waals surface area contributed by atoms with Crippen LogP contribution in [0.15, 0.2) is 18.2 Å². The smallest absolute Gasteiger partial charge is 0.265 e. The van der Waals surface area contributed by atoms with Crippen LogP contribution in [0, 0.1) is 0 Å². The van der Waals surface area contributed by atoms with E-state index in [1.165, 1.54) is 16.2 Å². The van der Waals surface area contributed by atoms with Gasteiger partial charge in [0.05, 0.1) is 5.69 Å². The summed E-state index contributed by atoms with van der Waals surface area (Å²) in [4.78, 5) is 25.6. The minimum atomic E-state index is -0.186. The minimum Gasteiger partial charge on any atom is -0.397 e. The van der Waals surface area contributed by atoms with Crippen LogP contribution in [0.2, 0.25) is 5.02 Å².